The molecule has 2 saturated carbocycles. The van der Waals surface area contributed by atoms with E-state index < -0.39 is 0 Å². The lowest BCUT2D eigenvalue weighted by molar-refractivity contribution is 0.0811. The molecule has 0 amide bonds. The molecule has 2 nitrogen and oxygen atoms in total. The van der Waals surface area contributed by atoms with Gasteiger partial charge >= 0.3 is 0 Å². The molecule has 2 heteroatoms. The van der Waals surface area contributed by atoms with Gasteiger partial charge in [-0.15, -0.1) is 0 Å². The van der Waals surface area contributed by atoms with Crippen molar-refractivity contribution < 1.29 is 0 Å². The summed E-state index contributed by atoms with van der Waals surface area (Å²) in [7, 11) is 0. The number of rotatable bonds is 1. The van der Waals surface area contributed by atoms with Gasteiger partial charge in [0.15, 0.2) is 0 Å². The Morgan fingerprint density at radius 1 is 1.21 bits per heavy atom. The SMILES string of the molecule is C[C@@H]1CNCCN1C1CC2CCC1C2. The number of hydrogen-bond donors (Lipinski definition) is 1. The zero-order valence-corrected chi connectivity index (χ0v) is 9.21. The van der Waals surface area contributed by atoms with Crippen LogP contribution in [0.4, 0.5) is 0 Å². The first-order valence-electron chi connectivity index (χ1n) is 6.31. The predicted molar refractivity (Wildman–Crippen MR) is 58.3 cm³/mol. The first-order chi connectivity index (χ1) is 6.84. The van der Waals surface area contributed by atoms with E-state index in [0.29, 0.717) is 0 Å². The van der Waals surface area contributed by atoms with Crippen LogP contribution in [0.5, 0.6) is 0 Å². The maximum Gasteiger partial charge on any atom is 0.0195 e. The van der Waals surface area contributed by atoms with Gasteiger partial charge in [-0.25, -0.2) is 0 Å². The Morgan fingerprint density at radius 2 is 2.14 bits per heavy atom. The van der Waals surface area contributed by atoms with E-state index in [1.165, 1.54) is 38.9 Å². The van der Waals surface area contributed by atoms with Crippen LogP contribution in [0.2, 0.25) is 0 Å². The van der Waals surface area contributed by atoms with Crippen LogP contribution in [-0.2, 0) is 0 Å². The van der Waals surface area contributed by atoms with Crippen molar-refractivity contribution in [2.75, 3.05) is 19.6 Å². The lowest BCUT2D eigenvalue weighted by atomic mass is 9.92. The normalized spacial score (nSPS) is 48.6. The summed E-state index contributed by atoms with van der Waals surface area (Å²) in [6.45, 7) is 6.08. The molecule has 3 unspecified atom stereocenters. The average Bonchev–Trinajstić information content (AvgIpc) is 2.79. The van der Waals surface area contributed by atoms with E-state index in [2.05, 4.69) is 17.1 Å². The Bertz CT molecular complexity index is 216. The van der Waals surface area contributed by atoms with Gasteiger partial charge in [-0.05, 0) is 38.0 Å². The van der Waals surface area contributed by atoms with E-state index in [1.807, 2.05) is 0 Å². The first kappa shape index (κ1) is 9.17. The Kier molecular flexibility index (Phi) is 2.29. The number of nitrogens with zero attached hydrogens (tertiary/aromatic N) is 1. The third-order valence-electron chi connectivity index (χ3n) is 4.68. The van der Waals surface area contributed by atoms with Crippen LogP contribution in [0.1, 0.15) is 32.6 Å². The second-order valence-electron chi connectivity index (χ2n) is 5.53. The molecule has 1 heterocycles. The van der Waals surface area contributed by atoms with E-state index in [0.717, 1.165) is 23.9 Å². The van der Waals surface area contributed by atoms with Crippen LogP contribution >= 0.6 is 0 Å². The fourth-order valence-electron chi connectivity index (χ4n) is 3.97. The average molecular weight is 194 g/mol. The molecule has 0 spiro atoms. The van der Waals surface area contributed by atoms with Crippen molar-refractivity contribution in [3.63, 3.8) is 0 Å². The van der Waals surface area contributed by atoms with Crippen LogP contribution < -0.4 is 5.32 Å². The third kappa shape index (κ3) is 1.40. The summed E-state index contributed by atoms with van der Waals surface area (Å²) in [5, 5.41) is 3.49. The lowest BCUT2D eigenvalue weighted by Gasteiger charge is -2.41. The molecule has 3 fully saturated rings. The van der Waals surface area contributed by atoms with Gasteiger partial charge in [0, 0.05) is 31.7 Å². The Morgan fingerprint density at radius 3 is 2.79 bits per heavy atom. The van der Waals surface area contributed by atoms with Gasteiger partial charge in [0.2, 0.25) is 0 Å². The quantitative estimate of drug-likeness (QED) is 0.680. The summed E-state index contributed by atoms with van der Waals surface area (Å²) < 4.78 is 0. The summed E-state index contributed by atoms with van der Waals surface area (Å²) in [4.78, 5) is 2.79. The van der Waals surface area contributed by atoms with Crippen molar-refractivity contribution in [3.8, 4) is 0 Å². The monoisotopic (exact) mass is 194 g/mol. The molecule has 3 aliphatic rings. The maximum absolute atomic E-state index is 3.49. The molecule has 0 aromatic heterocycles. The molecular formula is C12H22N2. The van der Waals surface area contributed by atoms with Crippen molar-refractivity contribution in [1.82, 2.24) is 10.2 Å². The molecule has 14 heavy (non-hydrogen) atoms. The topological polar surface area (TPSA) is 15.3 Å². The Balaban J connectivity index is 1.69. The van der Waals surface area contributed by atoms with E-state index in [9.17, 15) is 0 Å². The fourth-order valence-corrected chi connectivity index (χ4v) is 3.97. The molecule has 1 saturated heterocycles. The van der Waals surface area contributed by atoms with Gasteiger partial charge in [0.05, 0.1) is 0 Å². The van der Waals surface area contributed by atoms with Crippen LogP contribution in [0, 0.1) is 11.8 Å². The molecular weight excluding hydrogens is 172 g/mol. The minimum atomic E-state index is 0.771. The molecule has 0 aromatic carbocycles. The van der Waals surface area contributed by atoms with Gasteiger partial charge in [0.25, 0.3) is 0 Å². The van der Waals surface area contributed by atoms with Crippen LogP contribution in [0.3, 0.4) is 0 Å². The standard InChI is InChI=1S/C12H22N2/c1-9-8-13-4-5-14(9)12-7-10-2-3-11(12)6-10/h9-13H,2-8H2,1H3/t9-,10?,11?,12?/m1/s1. The summed E-state index contributed by atoms with van der Waals surface area (Å²) in [5.74, 6) is 2.15. The van der Waals surface area contributed by atoms with Crippen molar-refractivity contribution >= 4 is 0 Å². The Hall–Kier alpha value is -0.0800. The first-order valence-corrected chi connectivity index (χ1v) is 6.31. The molecule has 0 aromatic rings. The molecule has 0 radical (unpaired) electrons. The molecule has 3 rings (SSSR count). The van der Waals surface area contributed by atoms with Crippen molar-refractivity contribution in [2.24, 2.45) is 11.8 Å². The predicted octanol–water partition coefficient (Wildman–Crippen LogP) is 1.47. The highest BCUT2D eigenvalue weighted by molar-refractivity contribution is 4.97. The Labute approximate surface area is 87.0 Å². The molecule has 4 atom stereocenters. The van der Waals surface area contributed by atoms with Gasteiger partial charge < -0.3 is 5.32 Å². The second kappa shape index (κ2) is 3.49. The van der Waals surface area contributed by atoms with E-state index >= 15 is 0 Å². The minimum Gasteiger partial charge on any atom is -0.314 e. The highest BCUT2D eigenvalue weighted by Crippen LogP contribution is 2.47. The van der Waals surface area contributed by atoms with E-state index in [1.54, 1.807) is 6.42 Å². The molecule has 80 valence electrons. The van der Waals surface area contributed by atoms with Crippen molar-refractivity contribution in [3.05, 3.63) is 0 Å². The summed E-state index contributed by atoms with van der Waals surface area (Å²) in [6, 6.07) is 1.72. The fraction of sp³-hybridized carbons (Fsp3) is 1.00. The van der Waals surface area contributed by atoms with E-state index in [-0.39, 0.29) is 0 Å². The lowest BCUT2D eigenvalue weighted by Crippen LogP contribution is -2.55. The number of nitrogens with one attached hydrogen (secondary N) is 1. The summed E-state index contributed by atoms with van der Waals surface area (Å²) in [5.41, 5.74) is 0. The third-order valence-corrected chi connectivity index (χ3v) is 4.68. The van der Waals surface area contributed by atoms with Gasteiger partial charge in [-0.1, -0.05) is 6.42 Å². The zero-order chi connectivity index (χ0) is 9.54. The van der Waals surface area contributed by atoms with Crippen molar-refractivity contribution in [1.29, 1.82) is 0 Å². The van der Waals surface area contributed by atoms with Crippen molar-refractivity contribution in [2.45, 2.75) is 44.7 Å². The van der Waals surface area contributed by atoms with Gasteiger partial charge in [-0.3, -0.25) is 4.90 Å². The van der Waals surface area contributed by atoms with Crippen LogP contribution in [-0.4, -0.2) is 36.6 Å². The largest absolute Gasteiger partial charge is 0.314 e. The number of hydrogen-bond acceptors (Lipinski definition) is 2. The van der Waals surface area contributed by atoms with Crippen LogP contribution in [0.25, 0.3) is 0 Å². The second-order valence-corrected chi connectivity index (χ2v) is 5.53. The van der Waals surface area contributed by atoms with E-state index in [4.69, 9.17) is 0 Å². The highest BCUT2D eigenvalue weighted by atomic mass is 15.2. The van der Waals surface area contributed by atoms with Gasteiger partial charge in [0.1, 0.15) is 0 Å². The minimum absolute atomic E-state index is 0.771. The van der Waals surface area contributed by atoms with Crippen LogP contribution in [0.15, 0.2) is 0 Å². The molecule has 1 aliphatic heterocycles. The number of fused-ring (bicyclic) bond motifs is 2. The van der Waals surface area contributed by atoms with Gasteiger partial charge in [-0.2, -0.15) is 0 Å². The smallest absolute Gasteiger partial charge is 0.0195 e. The molecule has 2 bridgehead atoms. The summed E-state index contributed by atoms with van der Waals surface area (Å²) in [6.07, 6.45) is 6.10. The summed E-state index contributed by atoms with van der Waals surface area (Å²) >= 11 is 0. The highest BCUT2D eigenvalue weighted by Gasteiger charge is 2.43. The molecule has 1 N–H and O–H groups in total. The molecule has 2 aliphatic carbocycles. The number of piperazine rings is 1. The maximum atomic E-state index is 3.49. The zero-order valence-electron chi connectivity index (χ0n) is 9.21.